The van der Waals surface area contributed by atoms with Gasteiger partial charge in [0.2, 0.25) is 11.8 Å². The maximum absolute atomic E-state index is 12.1. The lowest BCUT2D eigenvalue weighted by Gasteiger charge is -2.32. The predicted molar refractivity (Wildman–Crippen MR) is 72.9 cm³/mol. The number of carbonyl (C=O) groups excluding carboxylic acids is 3. The van der Waals surface area contributed by atoms with E-state index in [-0.39, 0.29) is 11.7 Å². The fourth-order valence-electron chi connectivity index (χ4n) is 1.27. The molecule has 1 N–H and O–H groups in total. The van der Waals surface area contributed by atoms with Crippen LogP contribution in [0.25, 0.3) is 0 Å². The van der Waals surface area contributed by atoms with E-state index in [1.807, 2.05) is 7.85 Å². The van der Waals surface area contributed by atoms with E-state index in [1.54, 1.807) is 34.7 Å². The van der Waals surface area contributed by atoms with Gasteiger partial charge in [-0.25, -0.2) is 0 Å². The van der Waals surface area contributed by atoms with Crippen molar-refractivity contribution in [2.45, 2.75) is 40.2 Å². The molecule has 0 aliphatic rings. The van der Waals surface area contributed by atoms with Gasteiger partial charge in [0.15, 0.2) is 0 Å². The van der Waals surface area contributed by atoms with E-state index in [0.29, 0.717) is 6.44 Å². The Hall–Kier alpha value is -1.33. The molecule has 0 aliphatic carbocycles. The van der Waals surface area contributed by atoms with E-state index in [2.05, 4.69) is 5.32 Å². The highest BCUT2D eigenvalue weighted by Crippen LogP contribution is 2.19. The second-order valence-corrected chi connectivity index (χ2v) is 5.58. The van der Waals surface area contributed by atoms with E-state index in [9.17, 15) is 14.4 Å². The molecule has 0 spiro atoms. The number of likely N-dealkylation sites (N-methyl/N-ethyl adjacent to an activating group) is 1. The molecular weight excluding hydrogens is 231 g/mol. The van der Waals surface area contributed by atoms with E-state index < -0.39 is 16.9 Å². The van der Waals surface area contributed by atoms with Crippen molar-refractivity contribution >= 4 is 25.4 Å². The lowest BCUT2D eigenvalue weighted by Crippen LogP contribution is -2.58. The zero-order chi connectivity index (χ0) is 14.7. The highest BCUT2D eigenvalue weighted by molar-refractivity contribution is 6.10. The van der Waals surface area contributed by atoms with Crippen LogP contribution in [0.3, 0.4) is 0 Å². The molecular formula is C12H23BN2O3. The first-order valence-electron chi connectivity index (χ1n) is 6.06. The Kier molecular flexibility index (Phi) is 5.14. The number of Topliss-reactive ketones (excluding diaryl/α,β-unsaturated/α-hetero) is 1. The number of nitrogens with zero attached hydrogens (tertiary/aromatic N) is 1. The molecule has 0 aromatic rings. The molecule has 0 atom stereocenters. The number of ketones is 1. The molecule has 5 nitrogen and oxygen atoms in total. The highest BCUT2D eigenvalue weighted by atomic mass is 16.2. The van der Waals surface area contributed by atoms with Crippen LogP contribution in [0.5, 0.6) is 0 Å². The van der Waals surface area contributed by atoms with Crippen molar-refractivity contribution in [1.82, 2.24) is 10.2 Å². The van der Waals surface area contributed by atoms with Crippen molar-refractivity contribution in [2.75, 3.05) is 13.5 Å². The average molecular weight is 254 g/mol. The number of nitrogens with one attached hydrogen (secondary N) is 1. The molecule has 0 radical (unpaired) electrons. The van der Waals surface area contributed by atoms with Crippen molar-refractivity contribution in [1.29, 1.82) is 0 Å². The Morgan fingerprint density at radius 2 is 1.61 bits per heavy atom. The molecule has 0 aromatic carbocycles. The van der Waals surface area contributed by atoms with Gasteiger partial charge in [0.1, 0.15) is 24.6 Å². The van der Waals surface area contributed by atoms with Crippen molar-refractivity contribution < 1.29 is 14.4 Å². The first-order chi connectivity index (χ1) is 7.96. The summed E-state index contributed by atoms with van der Waals surface area (Å²) < 4.78 is 0. The van der Waals surface area contributed by atoms with Crippen LogP contribution in [0.15, 0.2) is 0 Å². The van der Waals surface area contributed by atoms with E-state index in [1.165, 1.54) is 11.8 Å². The summed E-state index contributed by atoms with van der Waals surface area (Å²) in [5.74, 6) is -0.845. The summed E-state index contributed by atoms with van der Waals surface area (Å²) in [6.07, 6.45) is 0.564. The van der Waals surface area contributed by atoms with Gasteiger partial charge in [-0.1, -0.05) is 0 Å². The molecule has 0 rings (SSSR count). The van der Waals surface area contributed by atoms with E-state index in [0.717, 1.165) is 0 Å². The summed E-state index contributed by atoms with van der Waals surface area (Å²) in [5, 5.41) is 2.64. The maximum Gasteiger partial charge on any atom is 0.246 e. The number of hydrogen-bond acceptors (Lipinski definition) is 3. The minimum absolute atomic E-state index is 0.183. The van der Waals surface area contributed by atoms with Crippen LogP contribution in [0.1, 0.15) is 34.6 Å². The van der Waals surface area contributed by atoms with Crippen LogP contribution in [0.4, 0.5) is 0 Å². The minimum Gasteiger partial charge on any atom is -0.352 e. The summed E-state index contributed by atoms with van der Waals surface area (Å²) in [5.41, 5.74) is -2.14. The fraction of sp³-hybridized carbons (Fsp3) is 0.750. The summed E-state index contributed by atoms with van der Waals surface area (Å²) in [6.45, 7) is 7.74. The normalized spacial score (nSPS) is 11.9. The lowest BCUT2D eigenvalue weighted by molar-refractivity contribution is -0.145. The van der Waals surface area contributed by atoms with Crippen LogP contribution in [-0.2, 0) is 14.4 Å². The molecule has 6 heteroatoms. The molecule has 2 amide bonds. The third-order valence-electron chi connectivity index (χ3n) is 3.23. The Bertz CT molecular complexity index is 364. The summed E-state index contributed by atoms with van der Waals surface area (Å²) in [4.78, 5) is 37.0. The van der Waals surface area contributed by atoms with Gasteiger partial charge < -0.3 is 10.2 Å². The number of hydrogen-bond donors (Lipinski definition) is 1. The van der Waals surface area contributed by atoms with Crippen molar-refractivity contribution in [2.24, 2.45) is 5.41 Å². The summed E-state index contributed by atoms with van der Waals surface area (Å²) in [7, 11) is 3.53. The first-order valence-corrected chi connectivity index (χ1v) is 6.06. The van der Waals surface area contributed by atoms with Gasteiger partial charge in [-0.3, -0.25) is 14.4 Å². The monoisotopic (exact) mass is 254 g/mol. The highest BCUT2D eigenvalue weighted by Gasteiger charge is 2.39. The molecule has 0 aliphatic heterocycles. The Labute approximate surface area is 110 Å². The SMILES string of the molecule is BCN(C)C(=O)C(C)(C)NC(=O)C(C)(C)C(C)=O. The van der Waals surface area contributed by atoms with Gasteiger partial charge in [0.25, 0.3) is 0 Å². The van der Waals surface area contributed by atoms with Gasteiger partial charge in [-0.15, -0.1) is 0 Å². The van der Waals surface area contributed by atoms with Crippen molar-refractivity contribution in [3.05, 3.63) is 0 Å². The topological polar surface area (TPSA) is 66.5 Å². The molecule has 0 saturated carbocycles. The minimum atomic E-state index is -1.12. The van der Waals surface area contributed by atoms with Crippen LogP contribution in [0.2, 0.25) is 0 Å². The summed E-state index contributed by atoms with van der Waals surface area (Å²) in [6, 6.07) is 0. The van der Waals surface area contributed by atoms with Crippen molar-refractivity contribution in [3.8, 4) is 0 Å². The number of rotatable bonds is 5. The lowest BCUT2D eigenvalue weighted by atomic mass is 9.86. The van der Waals surface area contributed by atoms with Crippen LogP contribution in [0, 0.1) is 5.41 Å². The molecule has 102 valence electrons. The largest absolute Gasteiger partial charge is 0.352 e. The smallest absolute Gasteiger partial charge is 0.246 e. The van der Waals surface area contributed by atoms with E-state index in [4.69, 9.17) is 0 Å². The second-order valence-electron chi connectivity index (χ2n) is 5.58. The zero-order valence-electron chi connectivity index (χ0n) is 12.4. The third-order valence-corrected chi connectivity index (χ3v) is 3.23. The van der Waals surface area contributed by atoms with Gasteiger partial charge in [-0.05, 0) is 41.1 Å². The number of carbonyl (C=O) groups is 3. The van der Waals surface area contributed by atoms with Gasteiger partial charge in [0.05, 0.1) is 0 Å². The number of amides is 2. The van der Waals surface area contributed by atoms with Gasteiger partial charge >= 0.3 is 0 Å². The Balaban J connectivity index is 4.94. The predicted octanol–water partition coefficient (Wildman–Crippen LogP) is -0.455. The first kappa shape index (κ1) is 16.7. The molecule has 0 saturated heterocycles. The zero-order valence-corrected chi connectivity index (χ0v) is 12.4. The van der Waals surface area contributed by atoms with Crippen LogP contribution in [-0.4, -0.2) is 49.4 Å². The molecule has 0 heterocycles. The fourth-order valence-corrected chi connectivity index (χ4v) is 1.27. The standard InChI is InChI=1S/C12H23BN2O3/c1-8(16)11(2,3)9(17)14-12(4,5)10(18)15(6)7-13/h7,13H2,1-6H3,(H,14,17). The summed E-state index contributed by atoms with van der Waals surface area (Å²) >= 11 is 0. The Morgan fingerprint density at radius 1 is 1.17 bits per heavy atom. The van der Waals surface area contributed by atoms with Crippen LogP contribution < -0.4 is 5.32 Å². The van der Waals surface area contributed by atoms with Gasteiger partial charge in [-0.2, -0.15) is 0 Å². The quantitative estimate of drug-likeness (QED) is 0.533. The molecule has 0 unspecified atom stereocenters. The van der Waals surface area contributed by atoms with Crippen molar-refractivity contribution in [3.63, 3.8) is 0 Å². The molecule has 0 fully saturated rings. The maximum atomic E-state index is 12.1. The molecule has 18 heavy (non-hydrogen) atoms. The third kappa shape index (κ3) is 3.58. The Morgan fingerprint density at radius 3 is 1.94 bits per heavy atom. The second kappa shape index (κ2) is 5.54. The average Bonchev–Trinajstić information content (AvgIpc) is 2.25. The van der Waals surface area contributed by atoms with Gasteiger partial charge in [0, 0.05) is 7.05 Å². The van der Waals surface area contributed by atoms with E-state index >= 15 is 0 Å². The molecule has 0 bridgehead atoms. The molecule has 0 aromatic heterocycles. The van der Waals surface area contributed by atoms with Crippen LogP contribution >= 0.6 is 0 Å².